The maximum atomic E-state index is 13.2. The van der Waals surface area contributed by atoms with Crippen LogP contribution >= 0.6 is 0 Å². The van der Waals surface area contributed by atoms with Crippen LogP contribution in [-0.2, 0) is 4.79 Å². The second-order valence-corrected chi connectivity index (χ2v) is 7.59. The van der Waals surface area contributed by atoms with Gasteiger partial charge in [0.25, 0.3) is 5.91 Å². The summed E-state index contributed by atoms with van der Waals surface area (Å²) < 4.78 is 6.04. The summed E-state index contributed by atoms with van der Waals surface area (Å²) in [7, 11) is 1.69. The van der Waals surface area contributed by atoms with E-state index < -0.39 is 6.04 Å². The smallest absolute Gasteiger partial charge is 0.258 e. The summed E-state index contributed by atoms with van der Waals surface area (Å²) in [6.07, 6.45) is 6.50. The summed E-state index contributed by atoms with van der Waals surface area (Å²) >= 11 is 0. The van der Waals surface area contributed by atoms with Crippen molar-refractivity contribution in [3.05, 3.63) is 42.0 Å². The third kappa shape index (κ3) is 5.34. The fraction of sp³-hybridized carbons (Fsp3) is 0.545. The van der Waals surface area contributed by atoms with Crippen molar-refractivity contribution in [1.82, 2.24) is 10.2 Å². The van der Waals surface area contributed by atoms with Gasteiger partial charge in [0.2, 0.25) is 5.91 Å². The van der Waals surface area contributed by atoms with Crippen LogP contribution in [-0.4, -0.2) is 41.9 Å². The van der Waals surface area contributed by atoms with Crippen molar-refractivity contribution < 1.29 is 14.3 Å². The molecule has 1 aromatic carbocycles. The average molecular weight is 373 g/mol. The monoisotopic (exact) mass is 372 g/mol. The molecule has 0 spiro atoms. The standard InChI is InChI=1S/C22H32N2O3/c1-6-17-12-8-7-11-16(4)27-19-14-10-9-13-18(19)22(26)24(5)20(15(2)3)21(25)23-17/h7-10,13-17,20H,6,11-12H2,1-5H3,(H,23,25)/b8-7+/t16-,17-,20+/m1/s1. The highest BCUT2D eigenvalue weighted by atomic mass is 16.5. The molecule has 0 unspecified atom stereocenters. The SMILES string of the molecule is CC[C@@H]1C/C=C/C[C@@H](C)Oc2ccccc2C(=O)N(C)[C@@H](C(C)C)C(=O)N1. The molecule has 1 N–H and O–H groups in total. The predicted octanol–water partition coefficient (Wildman–Crippen LogP) is 3.80. The summed E-state index contributed by atoms with van der Waals surface area (Å²) in [4.78, 5) is 27.7. The van der Waals surface area contributed by atoms with E-state index in [1.54, 1.807) is 18.0 Å². The Balaban J connectivity index is 2.43. The molecule has 1 heterocycles. The van der Waals surface area contributed by atoms with Crippen molar-refractivity contribution in [2.24, 2.45) is 5.92 Å². The van der Waals surface area contributed by atoms with Gasteiger partial charge < -0.3 is 15.0 Å². The van der Waals surface area contributed by atoms with Gasteiger partial charge in [0.05, 0.1) is 11.7 Å². The summed E-state index contributed by atoms with van der Waals surface area (Å²) in [5.74, 6) is 0.241. The highest BCUT2D eigenvalue weighted by Crippen LogP contribution is 2.24. The Labute approximate surface area is 162 Å². The molecular weight excluding hydrogens is 340 g/mol. The number of amides is 2. The number of carbonyl (C=O) groups is 2. The molecular formula is C22H32N2O3. The Kier molecular flexibility index (Phi) is 7.45. The molecule has 1 aliphatic rings. The fourth-order valence-corrected chi connectivity index (χ4v) is 3.42. The Bertz CT molecular complexity index is 684. The van der Waals surface area contributed by atoms with Crippen LogP contribution in [0, 0.1) is 5.92 Å². The van der Waals surface area contributed by atoms with E-state index in [0.717, 1.165) is 19.3 Å². The van der Waals surface area contributed by atoms with Crippen molar-refractivity contribution in [2.75, 3.05) is 7.05 Å². The van der Waals surface area contributed by atoms with Gasteiger partial charge in [0.15, 0.2) is 0 Å². The number of benzene rings is 1. The Morgan fingerprint density at radius 1 is 1.19 bits per heavy atom. The van der Waals surface area contributed by atoms with Crippen molar-refractivity contribution >= 4 is 11.8 Å². The van der Waals surface area contributed by atoms with Gasteiger partial charge in [-0.05, 0) is 37.8 Å². The summed E-state index contributed by atoms with van der Waals surface area (Å²) in [6.45, 7) is 7.98. The number of nitrogens with one attached hydrogen (secondary N) is 1. The maximum absolute atomic E-state index is 13.2. The van der Waals surface area contributed by atoms with Crippen molar-refractivity contribution in [3.8, 4) is 5.75 Å². The minimum Gasteiger partial charge on any atom is -0.490 e. The van der Waals surface area contributed by atoms with Gasteiger partial charge in [-0.15, -0.1) is 0 Å². The van der Waals surface area contributed by atoms with Gasteiger partial charge in [0, 0.05) is 19.5 Å². The predicted molar refractivity (Wildman–Crippen MR) is 108 cm³/mol. The third-order valence-corrected chi connectivity index (χ3v) is 4.98. The molecule has 5 heteroatoms. The molecule has 5 nitrogen and oxygen atoms in total. The minimum atomic E-state index is -0.538. The van der Waals surface area contributed by atoms with Crippen LogP contribution < -0.4 is 10.1 Å². The number of fused-ring (bicyclic) bond motifs is 1. The zero-order chi connectivity index (χ0) is 20.0. The molecule has 27 heavy (non-hydrogen) atoms. The number of carbonyl (C=O) groups excluding carboxylic acids is 2. The van der Waals surface area contributed by atoms with Crippen LogP contribution in [0.2, 0.25) is 0 Å². The second kappa shape index (κ2) is 9.58. The van der Waals surface area contributed by atoms with Crippen LogP contribution in [0.15, 0.2) is 36.4 Å². The van der Waals surface area contributed by atoms with Crippen molar-refractivity contribution in [2.45, 2.75) is 65.1 Å². The molecule has 1 aromatic rings. The van der Waals surface area contributed by atoms with Crippen LogP contribution in [0.3, 0.4) is 0 Å². The first-order chi connectivity index (χ1) is 12.8. The largest absolute Gasteiger partial charge is 0.490 e. The molecule has 0 bridgehead atoms. The molecule has 3 atom stereocenters. The number of ether oxygens (including phenoxy) is 1. The topological polar surface area (TPSA) is 58.6 Å². The molecule has 0 aromatic heterocycles. The second-order valence-electron chi connectivity index (χ2n) is 7.59. The molecule has 0 radical (unpaired) electrons. The molecule has 1 aliphatic heterocycles. The first-order valence-corrected chi connectivity index (χ1v) is 9.83. The lowest BCUT2D eigenvalue weighted by molar-refractivity contribution is -0.127. The van der Waals surface area contributed by atoms with Gasteiger partial charge in [-0.3, -0.25) is 9.59 Å². The highest BCUT2D eigenvalue weighted by molar-refractivity contribution is 5.99. The molecule has 148 valence electrons. The van der Waals surface area contributed by atoms with Gasteiger partial charge >= 0.3 is 0 Å². The summed E-state index contributed by atoms with van der Waals surface area (Å²) in [6, 6.07) is 6.77. The number of hydrogen-bond donors (Lipinski definition) is 1. The first-order valence-electron chi connectivity index (χ1n) is 9.83. The van der Waals surface area contributed by atoms with Crippen LogP contribution in [0.4, 0.5) is 0 Å². The van der Waals surface area contributed by atoms with Gasteiger partial charge in [0.1, 0.15) is 11.8 Å². The lowest BCUT2D eigenvalue weighted by atomic mass is 9.99. The number of rotatable bonds is 2. The number of para-hydroxylation sites is 1. The molecule has 0 aliphatic carbocycles. The first kappa shape index (κ1) is 21.0. The molecule has 2 amide bonds. The van der Waals surface area contributed by atoms with E-state index in [0.29, 0.717) is 11.3 Å². The van der Waals surface area contributed by atoms with E-state index in [4.69, 9.17) is 4.74 Å². The Morgan fingerprint density at radius 2 is 1.85 bits per heavy atom. The van der Waals surface area contributed by atoms with Crippen LogP contribution in [0.1, 0.15) is 57.3 Å². The van der Waals surface area contributed by atoms with Gasteiger partial charge in [-0.1, -0.05) is 45.1 Å². The van der Waals surface area contributed by atoms with E-state index >= 15 is 0 Å². The zero-order valence-corrected chi connectivity index (χ0v) is 17.1. The van der Waals surface area contributed by atoms with Crippen molar-refractivity contribution in [3.63, 3.8) is 0 Å². The van der Waals surface area contributed by atoms with Crippen molar-refractivity contribution in [1.29, 1.82) is 0 Å². The van der Waals surface area contributed by atoms with E-state index in [1.165, 1.54) is 0 Å². The van der Waals surface area contributed by atoms with Crippen LogP contribution in [0.25, 0.3) is 0 Å². The highest BCUT2D eigenvalue weighted by Gasteiger charge is 2.32. The summed E-state index contributed by atoms with van der Waals surface area (Å²) in [5, 5.41) is 3.12. The van der Waals surface area contributed by atoms with E-state index in [1.807, 2.05) is 39.0 Å². The van der Waals surface area contributed by atoms with Gasteiger partial charge in [-0.25, -0.2) is 0 Å². The zero-order valence-electron chi connectivity index (χ0n) is 17.1. The third-order valence-electron chi connectivity index (χ3n) is 4.98. The van der Waals surface area contributed by atoms with Crippen LogP contribution in [0.5, 0.6) is 5.75 Å². The number of likely N-dealkylation sites (N-methyl/N-ethyl adjacent to an activating group) is 1. The lowest BCUT2D eigenvalue weighted by Crippen LogP contribution is -2.52. The fourth-order valence-electron chi connectivity index (χ4n) is 3.42. The summed E-state index contributed by atoms with van der Waals surface area (Å²) in [5.41, 5.74) is 0.485. The Morgan fingerprint density at radius 3 is 2.52 bits per heavy atom. The minimum absolute atomic E-state index is 0.00749. The van der Waals surface area contributed by atoms with E-state index in [2.05, 4.69) is 24.4 Å². The van der Waals surface area contributed by atoms with Gasteiger partial charge in [-0.2, -0.15) is 0 Å². The molecule has 0 fully saturated rings. The quantitative estimate of drug-likeness (QED) is 0.804. The lowest BCUT2D eigenvalue weighted by Gasteiger charge is -2.32. The average Bonchev–Trinajstić information content (AvgIpc) is 2.63. The maximum Gasteiger partial charge on any atom is 0.258 e. The molecule has 2 rings (SSSR count). The normalized spacial score (nSPS) is 26.0. The Hall–Kier alpha value is -2.30. The number of nitrogens with zero attached hydrogens (tertiary/aromatic N) is 1. The van der Waals surface area contributed by atoms with E-state index in [9.17, 15) is 9.59 Å². The van der Waals surface area contributed by atoms with E-state index in [-0.39, 0.29) is 29.9 Å². The number of hydrogen-bond acceptors (Lipinski definition) is 3. The molecule has 0 saturated heterocycles. The molecule has 0 saturated carbocycles.